The van der Waals surface area contributed by atoms with Gasteiger partial charge in [0.2, 0.25) is 0 Å². The van der Waals surface area contributed by atoms with Crippen LogP contribution in [0.15, 0.2) is 16.3 Å². The number of thiol groups is 1. The lowest BCUT2D eigenvalue weighted by atomic mass is 10.3. The molecule has 0 saturated heterocycles. The summed E-state index contributed by atoms with van der Waals surface area (Å²) in [6.07, 6.45) is 0. The molecule has 96 valence electrons. The molecule has 0 aliphatic heterocycles. The summed E-state index contributed by atoms with van der Waals surface area (Å²) >= 11 is 5.63. The Morgan fingerprint density at radius 1 is 1.53 bits per heavy atom. The quantitative estimate of drug-likeness (QED) is 0.780. The lowest BCUT2D eigenvalue weighted by Crippen LogP contribution is -2.41. The highest BCUT2D eigenvalue weighted by Crippen LogP contribution is 2.17. The Labute approximate surface area is 113 Å². The fourth-order valence-corrected chi connectivity index (χ4v) is 2.71. The first kappa shape index (κ1) is 14.5. The molecular weight excluding hydrogens is 252 g/mol. The Bertz CT molecular complexity index is 361. The van der Waals surface area contributed by atoms with E-state index >= 15 is 0 Å². The van der Waals surface area contributed by atoms with Gasteiger partial charge in [-0.15, -0.1) is 24.0 Å². The zero-order valence-corrected chi connectivity index (χ0v) is 12.3. The average Bonchev–Trinajstić information content (AvgIpc) is 2.72. The van der Waals surface area contributed by atoms with Crippen molar-refractivity contribution in [3.05, 3.63) is 16.3 Å². The number of carbonyl (C=O) groups is 1. The number of hydrogen-bond acceptors (Lipinski definition) is 4. The third kappa shape index (κ3) is 4.69. The molecule has 3 nitrogen and oxygen atoms in total. The number of rotatable bonds is 6. The smallest absolute Gasteiger partial charge is 0.261 e. The minimum absolute atomic E-state index is 0.00467. The minimum atomic E-state index is -0.00467. The molecule has 5 heteroatoms. The molecule has 1 rings (SSSR count). The summed E-state index contributed by atoms with van der Waals surface area (Å²) in [6, 6.07) is 1.96. The summed E-state index contributed by atoms with van der Waals surface area (Å²) in [5, 5.41) is 4.87. The zero-order valence-electron chi connectivity index (χ0n) is 10.6. The minimum Gasteiger partial charge on any atom is -0.348 e. The van der Waals surface area contributed by atoms with E-state index in [1.54, 1.807) is 6.07 Å². The van der Waals surface area contributed by atoms with Gasteiger partial charge in [0, 0.05) is 22.9 Å². The molecule has 1 unspecified atom stereocenters. The summed E-state index contributed by atoms with van der Waals surface area (Å²) in [5.74, 6) is -0.00467. The molecule has 0 bridgehead atoms. The van der Waals surface area contributed by atoms with Gasteiger partial charge in [-0.3, -0.25) is 4.79 Å². The van der Waals surface area contributed by atoms with Crippen molar-refractivity contribution in [3.63, 3.8) is 0 Å². The van der Waals surface area contributed by atoms with Crippen LogP contribution in [0, 0.1) is 0 Å². The van der Waals surface area contributed by atoms with Gasteiger partial charge in [0.15, 0.2) is 0 Å². The van der Waals surface area contributed by atoms with Crippen LogP contribution in [-0.4, -0.2) is 36.5 Å². The van der Waals surface area contributed by atoms with E-state index in [2.05, 4.69) is 36.7 Å². The molecule has 0 aliphatic carbocycles. The summed E-state index contributed by atoms with van der Waals surface area (Å²) in [6.45, 7) is 9.20. The lowest BCUT2D eigenvalue weighted by Gasteiger charge is -2.23. The fourth-order valence-electron chi connectivity index (χ4n) is 1.65. The maximum atomic E-state index is 11.9. The van der Waals surface area contributed by atoms with E-state index in [9.17, 15) is 4.79 Å². The Kier molecular flexibility index (Phi) is 6.02. The van der Waals surface area contributed by atoms with Crippen molar-refractivity contribution in [1.82, 2.24) is 10.2 Å². The van der Waals surface area contributed by atoms with Gasteiger partial charge in [0.05, 0.1) is 4.88 Å². The molecule has 1 heterocycles. The molecule has 0 aliphatic rings. The molecule has 0 spiro atoms. The third-order valence-electron chi connectivity index (χ3n) is 2.61. The maximum absolute atomic E-state index is 11.9. The second kappa shape index (κ2) is 7.03. The van der Waals surface area contributed by atoms with Gasteiger partial charge in [0.25, 0.3) is 5.91 Å². The van der Waals surface area contributed by atoms with Gasteiger partial charge >= 0.3 is 0 Å². The van der Waals surface area contributed by atoms with Crippen molar-refractivity contribution >= 4 is 29.9 Å². The molecule has 0 radical (unpaired) electrons. The Hall–Kier alpha value is -0.520. The highest BCUT2D eigenvalue weighted by molar-refractivity contribution is 7.80. The van der Waals surface area contributed by atoms with E-state index in [1.807, 2.05) is 12.3 Å². The summed E-state index contributed by atoms with van der Waals surface area (Å²) < 4.78 is 0. The van der Waals surface area contributed by atoms with Crippen LogP contribution in [0.5, 0.6) is 0 Å². The number of nitrogens with zero attached hydrogens (tertiary/aromatic N) is 1. The van der Waals surface area contributed by atoms with Crippen molar-refractivity contribution < 1.29 is 4.79 Å². The van der Waals surface area contributed by atoms with Crippen LogP contribution in [0.2, 0.25) is 0 Å². The first-order valence-electron chi connectivity index (χ1n) is 5.87. The standard InChI is InChI=1S/C12H20N2OS2/c1-4-14(5-2)7-9(3)13-12(15)11-6-10(16)8-17-11/h6,8-9,16H,4-5,7H2,1-3H3,(H,13,15). The summed E-state index contributed by atoms with van der Waals surface area (Å²) in [4.78, 5) is 15.7. The van der Waals surface area contributed by atoms with E-state index in [4.69, 9.17) is 0 Å². The topological polar surface area (TPSA) is 32.3 Å². The fraction of sp³-hybridized carbons (Fsp3) is 0.583. The Morgan fingerprint density at radius 2 is 2.18 bits per heavy atom. The molecule has 1 aromatic rings. The van der Waals surface area contributed by atoms with Crippen molar-refractivity contribution in [2.45, 2.75) is 31.7 Å². The molecule has 1 aromatic heterocycles. The average molecular weight is 272 g/mol. The van der Waals surface area contributed by atoms with Crippen LogP contribution >= 0.6 is 24.0 Å². The predicted molar refractivity (Wildman–Crippen MR) is 76.3 cm³/mol. The van der Waals surface area contributed by atoms with Crippen molar-refractivity contribution in [2.75, 3.05) is 19.6 Å². The number of thiophene rings is 1. The van der Waals surface area contributed by atoms with E-state index < -0.39 is 0 Å². The van der Waals surface area contributed by atoms with Crippen LogP contribution in [0.25, 0.3) is 0 Å². The largest absolute Gasteiger partial charge is 0.348 e. The molecule has 0 fully saturated rings. The first-order chi connectivity index (χ1) is 8.06. The monoisotopic (exact) mass is 272 g/mol. The molecule has 0 aromatic carbocycles. The van der Waals surface area contributed by atoms with E-state index in [0.717, 1.165) is 29.4 Å². The predicted octanol–water partition coefficient (Wildman–Crippen LogP) is 2.50. The first-order valence-corrected chi connectivity index (χ1v) is 7.20. The van der Waals surface area contributed by atoms with E-state index in [-0.39, 0.29) is 11.9 Å². The van der Waals surface area contributed by atoms with E-state index in [0.29, 0.717) is 0 Å². The van der Waals surface area contributed by atoms with Crippen LogP contribution < -0.4 is 5.32 Å². The van der Waals surface area contributed by atoms with Crippen LogP contribution in [0.4, 0.5) is 0 Å². The van der Waals surface area contributed by atoms with E-state index in [1.165, 1.54) is 11.3 Å². The van der Waals surface area contributed by atoms with Crippen LogP contribution in [0.1, 0.15) is 30.4 Å². The second-order valence-electron chi connectivity index (χ2n) is 4.03. The Morgan fingerprint density at radius 3 is 2.65 bits per heavy atom. The normalized spacial score (nSPS) is 12.8. The van der Waals surface area contributed by atoms with Crippen molar-refractivity contribution in [3.8, 4) is 0 Å². The molecular formula is C12H20N2OS2. The third-order valence-corrected chi connectivity index (χ3v) is 3.98. The maximum Gasteiger partial charge on any atom is 0.261 e. The van der Waals surface area contributed by atoms with Gasteiger partial charge in [0.1, 0.15) is 0 Å². The highest BCUT2D eigenvalue weighted by atomic mass is 32.1. The van der Waals surface area contributed by atoms with Gasteiger partial charge in [-0.2, -0.15) is 0 Å². The lowest BCUT2D eigenvalue weighted by molar-refractivity contribution is 0.0934. The number of hydrogen-bond donors (Lipinski definition) is 2. The molecule has 0 saturated carbocycles. The highest BCUT2D eigenvalue weighted by Gasteiger charge is 2.13. The molecule has 17 heavy (non-hydrogen) atoms. The summed E-state index contributed by atoms with van der Waals surface area (Å²) in [7, 11) is 0. The van der Waals surface area contributed by atoms with Gasteiger partial charge in [-0.25, -0.2) is 0 Å². The van der Waals surface area contributed by atoms with Crippen LogP contribution in [-0.2, 0) is 0 Å². The number of carbonyl (C=O) groups excluding carboxylic acids is 1. The van der Waals surface area contributed by atoms with Gasteiger partial charge in [-0.05, 0) is 26.1 Å². The van der Waals surface area contributed by atoms with Crippen molar-refractivity contribution in [1.29, 1.82) is 0 Å². The molecule has 1 atom stereocenters. The zero-order chi connectivity index (χ0) is 12.8. The van der Waals surface area contributed by atoms with Crippen LogP contribution in [0.3, 0.4) is 0 Å². The number of amides is 1. The SMILES string of the molecule is CCN(CC)CC(C)NC(=O)c1cc(S)cs1. The van der Waals surface area contributed by atoms with Gasteiger partial charge < -0.3 is 10.2 Å². The van der Waals surface area contributed by atoms with Crippen molar-refractivity contribution in [2.24, 2.45) is 0 Å². The Balaban J connectivity index is 2.45. The molecule has 1 amide bonds. The number of nitrogens with one attached hydrogen (secondary N) is 1. The van der Waals surface area contributed by atoms with Gasteiger partial charge in [-0.1, -0.05) is 13.8 Å². The second-order valence-corrected chi connectivity index (χ2v) is 5.46. The number of likely N-dealkylation sites (N-methyl/N-ethyl adjacent to an activating group) is 1. The molecule has 1 N–H and O–H groups in total. The summed E-state index contributed by atoms with van der Waals surface area (Å²) in [5.41, 5.74) is 0.